The van der Waals surface area contributed by atoms with Crippen molar-refractivity contribution >= 4 is 11.6 Å². The Labute approximate surface area is 150 Å². The zero-order valence-corrected chi connectivity index (χ0v) is 15.1. The molecule has 1 amide bonds. The lowest BCUT2D eigenvalue weighted by Gasteiger charge is -2.26. The van der Waals surface area contributed by atoms with Gasteiger partial charge in [-0.25, -0.2) is 0 Å². The van der Waals surface area contributed by atoms with E-state index >= 15 is 0 Å². The minimum absolute atomic E-state index is 0.0290. The Morgan fingerprint density at radius 1 is 1.00 bits per heavy atom. The van der Waals surface area contributed by atoms with Crippen molar-refractivity contribution in [2.45, 2.75) is 26.4 Å². The fourth-order valence-corrected chi connectivity index (χ4v) is 2.58. The zero-order chi connectivity index (χ0) is 17.9. The molecule has 0 aliphatic rings. The van der Waals surface area contributed by atoms with E-state index in [0.29, 0.717) is 26.4 Å². The van der Waals surface area contributed by atoms with Crippen LogP contribution >= 0.6 is 0 Å². The third-order valence-corrected chi connectivity index (χ3v) is 3.95. The van der Waals surface area contributed by atoms with E-state index in [-0.39, 0.29) is 5.91 Å². The average molecular weight is 341 g/mol. The molecule has 0 fully saturated rings. The van der Waals surface area contributed by atoms with Crippen LogP contribution in [0, 0.1) is 0 Å². The molecule has 0 bridgehead atoms. The highest BCUT2D eigenvalue weighted by molar-refractivity contribution is 5.96. The minimum Gasteiger partial charge on any atom is -0.379 e. The van der Waals surface area contributed by atoms with Gasteiger partial charge in [-0.1, -0.05) is 48.5 Å². The lowest BCUT2D eigenvalue weighted by Crippen LogP contribution is -2.41. The third kappa shape index (κ3) is 6.33. The van der Waals surface area contributed by atoms with Crippen LogP contribution in [0.4, 0.5) is 5.69 Å². The molecule has 0 spiro atoms. The number of hydrogen-bond donors (Lipinski definition) is 0. The van der Waals surface area contributed by atoms with Crippen LogP contribution < -0.4 is 4.90 Å². The van der Waals surface area contributed by atoms with Crippen molar-refractivity contribution in [1.82, 2.24) is 0 Å². The largest absolute Gasteiger partial charge is 0.379 e. The van der Waals surface area contributed by atoms with E-state index in [4.69, 9.17) is 9.47 Å². The second-order valence-electron chi connectivity index (χ2n) is 5.77. The quantitative estimate of drug-likeness (QED) is 0.619. The van der Waals surface area contributed by atoms with Gasteiger partial charge in [0, 0.05) is 18.8 Å². The number of carbonyl (C=O) groups excluding carboxylic acids is 1. The van der Waals surface area contributed by atoms with Crippen LogP contribution in [0.25, 0.3) is 0 Å². The van der Waals surface area contributed by atoms with E-state index in [1.165, 1.54) is 5.56 Å². The van der Waals surface area contributed by atoms with Gasteiger partial charge < -0.3 is 14.4 Å². The van der Waals surface area contributed by atoms with Crippen LogP contribution in [0.3, 0.4) is 0 Å². The minimum atomic E-state index is -0.503. The molecule has 0 heterocycles. The molecule has 0 aliphatic carbocycles. The lowest BCUT2D eigenvalue weighted by atomic mass is 10.1. The molecule has 2 aromatic carbocycles. The smallest absolute Gasteiger partial charge is 0.255 e. The number of para-hydroxylation sites is 1. The zero-order valence-electron chi connectivity index (χ0n) is 15.1. The van der Waals surface area contributed by atoms with Gasteiger partial charge in [-0.2, -0.15) is 0 Å². The van der Waals surface area contributed by atoms with Crippen molar-refractivity contribution in [1.29, 1.82) is 0 Å². The SMILES string of the molecule is CCOCCOC(C)C(=O)N(CCc1ccccc1)c1ccccc1. The molecule has 0 radical (unpaired) electrons. The Kier molecular flexibility index (Phi) is 8.16. The van der Waals surface area contributed by atoms with Gasteiger partial charge in [0.15, 0.2) is 0 Å². The van der Waals surface area contributed by atoms with Gasteiger partial charge in [-0.05, 0) is 38.0 Å². The summed E-state index contributed by atoms with van der Waals surface area (Å²) in [5, 5.41) is 0. The Bertz CT molecular complexity index is 616. The van der Waals surface area contributed by atoms with E-state index in [1.54, 1.807) is 11.8 Å². The van der Waals surface area contributed by atoms with Crippen LogP contribution in [0.2, 0.25) is 0 Å². The summed E-state index contributed by atoms with van der Waals surface area (Å²) in [7, 11) is 0. The molecule has 1 unspecified atom stereocenters. The number of anilines is 1. The highest BCUT2D eigenvalue weighted by Gasteiger charge is 2.22. The van der Waals surface area contributed by atoms with Gasteiger partial charge in [0.1, 0.15) is 6.10 Å². The maximum Gasteiger partial charge on any atom is 0.255 e. The molecular weight excluding hydrogens is 314 g/mol. The molecule has 0 saturated carbocycles. The second kappa shape index (κ2) is 10.6. The second-order valence-corrected chi connectivity index (χ2v) is 5.77. The number of benzene rings is 2. The van der Waals surface area contributed by atoms with Gasteiger partial charge in [-0.15, -0.1) is 0 Å². The maximum atomic E-state index is 12.9. The highest BCUT2D eigenvalue weighted by Crippen LogP contribution is 2.16. The number of amides is 1. The first kappa shape index (κ1) is 19.2. The number of ether oxygens (including phenoxy) is 2. The van der Waals surface area contributed by atoms with Crippen molar-refractivity contribution < 1.29 is 14.3 Å². The topological polar surface area (TPSA) is 38.8 Å². The lowest BCUT2D eigenvalue weighted by molar-refractivity contribution is -0.129. The van der Waals surface area contributed by atoms with E-state index in [1.807, 2.05) is 55.5 Å². The van der Waals surface area contributed by atoms with E-state index in [9.17, 15) is 4.79 Å². The molecule has 2 aromatic rings. The highest BCUT2D eigenvalue weighted by atomic mass is 16.5. The van der Waals surface area contributed by atoms with Crippen LogP contribution in [-0.2, 0) is 20.7 Å². The Morgan fingerprint density at radius 3 is 2.28 bits per heavy atom. The molecule has 0 N–H and O–H groups in total. The van der Waals surface area contributed by atoms with Crippen LogP contribution in [0.5, 0.6) is 0 Å². The summed E-state index contributed by atoms with van der Waals surface area (Å²) >= 11 is 0. The molecule has 2 rings (SSSR count). The van der Waals surface area contributed by atoms with Gasteiger partial charge in [0.2, 0.25) is 0 Å². The molecule has 0 aliphatic heterocycles. The van der Waals surface area contributed by atoms with Gasteiger partial charge in [0.25, 0.3) is 5.91 Å². The third-order valence-electron chi connectivity index (χ3n) is 3.95. The molecule has 4 nitrogen and oxygen atoms in total. The van der Waals surface area contributed by atoms with Gasteiger partial charge in [-0.3, -0.25) is 4.79 Å². The summed E-state index contributed by atoms with van der Waals surface area (Å²) in [5.74, 6) is -0.0290. The summed E-state index contributed by atoms with van der Waals surface area (Å²) in [6.07, 6.45) is 0.295. The van der Waals surface area contributed by atoms with E-state index in [2.05, 4.69) is 12.1 Å². The monoisotopic (exact) mass is 341 g/mol. The van der Waals surface area contributed by atoms with Crippen molar-refractivity contribution in [2.75, 3.05) is 31.3 Å². The van der Waals surface area contributed by atoms with E-state index < -0.39 is 6.10 Å². The van der Waals surface area contributed by atoms with Crippen LogP contribution in [0.15, 0.2) is 60.7 Å². The number of carbonyl (C=O) groups is 1. The number of hydrogen-bond acceptors (Lipinski definition) is 3. The first-order valence-corrected chi connectivity index (χ1v) is 8.82. The Balaban J connectivity index is 2.02. The fraction of sp³-hybridized carbons (Fsp3) is 0.381. The van der Waals surface area contributed by atoms with E-state index in [0.717, 1.165) is 12.1 Å². The van der Waals surface area contributed by atoms with Crippen LogP contribution in [-0.4, -0.2) is 38.4 Å². The molecular formula is C21H27NO3. The number of rotatable bonds is 10. The first-order valence-electron chi connectivity index (χ1n) is 8.82. The fourth-order valence-electron chi connectivity index (χ4n) is 2.58. The summed E-state index contributed by atoms with van der Waals surface area (Å²) in [4.78, 5) is 14.7. The predicted molar refractivity (Wildman–Crippen MR) is 101 cm³/mol. The van der Waals surface area contributed by atoms with Gasteiger partial charge in [0.05, 0.1) is 13.2 Å². The summed E-state index contributed by atoms with van der Waals surface area (Å²) in [5.41, 5.74) is 2.10. The molecule has 0 aromatic heterocycles. The molecule has 1 atom stereocenters. The average Bonchev–Trinajstić information content (AvgIpc) is 2.67. The summed E-state index contributed by atoms with van der Waals surface area (Å²) in [6.45, 7) is 5.93. The van der Waals surface area contributed by atoms with Crippen molar-refractivity contribution in [3.8, 4) is 0 Å². The predicted octanol–water partition coefficient (Wildman–Crippen LogP) is 3.70. The van der Waals surface area contributed by atoms with Crippen molar-refractivity contribution in [3.63, 3.8) is 0 Å². The van der Waals surface area contributed by atoms with Crippen molar-refractivity contribution in [3.05, 3.63) is 66.2 Å². The molecule has 134 valence electrons. The maximum absolute atomic E-state index is 12.9. The first-order chi connectivity index (χ1) is 12.2. The number of nitrogens with zero attached hydrogens (tertiary/aromatic N) is 1. The standard InChI is InChI=1S/C21H27NO3/c1-3-24-16-17-25-18(2)21(23)22(20-12-8-5-9-13-20)15-14-19-10-6-4-7-11-19/h4-13,18H,3,14-17H2,1-2H3. The van der Waals surface area contributed by atoms with Gasteiger partial charge >= 0.3 is 0 Å². The summed E-state index contributed by atoms with van der Waals surface area (Å²) < 4.78 is 10.9. The normalized spacial score (nSPS) is 11.9. The molecule has 0 saturated heterocycles. The summed E-state index contributed by atoms with van der Waals surface area (Å²) in [6, 6.07) is 19.9. The van der Waals surface area contributed by atoms with Crippen LogP contribution in [0.1, 0.15) is 19.4 Å². The Hall–Kier alpha value is -2.17. The van der Waals surface area contributed by atoms with Crippen molar-refractivity contribution in [2.24, 2.45) is 0 Å². The molecule has 4 heteroatoms. The Morgan fingerprint density at radius 2 is 1.64 bits per heavy atom. The molecule has 25 heavy (non-hydrogen) atoms.